The van der Waals surface area contributed by atoms with E-state index in [1.165, 1.54) is 29.2 Å². The van der Waals surface area contributed by atoms with E-state index in [2.05, 4.69) is 0 Å². The molecular weight excluding hydrogens is 525 g/mol. The molecule has 34 heavy (non-hydrogen) atoms. The highest BCUT2D eigenvalue weighted by molar-refractivity contribution is 6.55. The van der Waals surface area contributed by atoms with Crippen molar-refractivity contribution < 1.29 is 18.8 Å². The summed E-state index contributed by atoms with van der Waals surface area (Å²) < 4.78 is 13.6. The van der Waals surface area contributed by atoms with E-state index in [1.54, 1.807) is 12.1 Å². The van der Waals surface area contributed by atoms with Crippen LogP contribution in [0.2, 0.25) is 20.1 Å². The van der Waals surface area contributed by atoms with Crippen LogP contribution < -0.4 is 4.90 Å². The summed E-state index contributed by atoms with van der Waals surface area (Å²) in [5.41, 5.74) is 1.69. The number of hydrogen-bond donors (Lipinski definition) is 0. The Bertz CT molecular complexity index is 1350. The Morgan fingerprint density at radius 1 is 0.676 bits per heavy atom. The van der Waals surface area contributed by atoms with Crippen LogP contribution in [-0.4, -0.2) is 28.7 Å². The molecule has 2 atom stereocenters. The van der Waals surface area contributed by atoms with Gasteiger partial charge in [0.2, 0.25) is 0 Å². The number of β-lactam (4-membered cyclic amide) rings is 1. The predicted molar refractivity (Wildman–Crippen MR) is 129 cm³/mol. The van der Waals surface area contributed by atoms with Gasteiger partial charge in [0.25, 0.3) is 17.7 Å². The first-order chi connectivity index (χ1) is 16.1. The van der Waals surface area contributed by atoms with Crippen molar-refractivity contribution >= 4 is 69.8 Å². The van der Waals surface area contributed by atoms with E-state index in [1.807, 2.05) is 19.1 Å². The van der Waals surface area contributed by atoms with E-state index in [0.717, 1.165) is 10.5 Å². The molecule has 0 spiro atoms. The molecule has 0 radical (unpaired) electrons. The molecule has 0 saturated carbocycles. The number of benzene rings is 3. The summed E-state index contributed by atoms with van der Waals surface area (Å²) in [5.74, 6) is -2.56. The van der Waals surface area contributed by atoms with E-state index < -0.39 is 35.6 Å². The van der Waals surface area contributed by atoms with Crippen molar-refractivity contribution in [3.8, 4) is 0 Å². The number of carbonyl (C=O) groups is 3. The predicted octanol–water partition coefficient (Wildman–Crippen LogP) is 6.50. The van der Waals surface area contributed by atoms with Gasteiger partial charge in [0.1, 0.15) is 11.9 Å². The fourth-order valence-corrected chi connectivity index (χ4v) is 5.34. The number of hydrogen-bond acceptors (Lipinski definition) is 3. The lowest BCUT2D eigenvalue weighted by Crippen LogP contribution is -2.67. The third kappa shape index (κ3) is 3.24. The van der Waals surface area contributed by atoms with Gasteiger partial charge in [-0.1, -0.05) is 76.2 Å². The van der Waals surface area contributed by atoms with Crippen LogP contribution >= 0.6 is 46.4 Å². The van der Waals surface area contributed by atoms with E-state index in [-0.39, 0.29) is 31.2 Å². The standard InChI is InChI=1S/C24H13Cl4FN2O3/c1-10-2-8-13(9-3-10)30-20(11-4-6-12(29)7-5-11)21(24(30)34)31-22(32)14-15(23(31)33)17(26)19(28)18(27)16(14)25/h2-9,20-21H,1H3/t20-,21-/m0/s1. The molecule has 1 fully saturated rings. The molecule has 2 aliphatic rings. The molecule has 3 aromatic carbocycles. The Morgan fingerprint density at radius 3 is 1.68 bits per heavy atom. The van der Waals surface area contributed by atoms with E-state index >= 15 is 0 Å². The van der Waals surface area contributed by atoms with Crippen LogP contribution in [0.25, 0.3) is 0 Å². The maximum atomic E-state index is 13.6. The Balaban J connectivity index is 1.63. The van der Waals surface area contributed by atoms with Gasteiger partial charge in [0.05, 0.1) is 37.3 Å². The number of aryl methyl sites for hydroxylation is 1. The molecule has 0 unspecified atom stereocenters. The molecule has 172 valence electrons. The number of nitrogens with zero attached hydrogens (tertiary/aromatic N) is 2. The highest BCUT2D eigenvalue weighted by atomic mass is 35.5. The first-order valence-electron chi connectivity index (χ1n) is 10.0. The zero-order chi connectivity index (χ0) is 24.5. The number of amides is 3. The molecule has 5 nitrogen and oxygen atoms in total. The molecule has 2 heterocycles. The van der Waals surface area contributed by atoms with Gasteiger partial charge in [-0.3, -0.25) is 19.3 Å². The normalized spacial score (nSPS) is 19.5. The van der Waals surface area contributed by atoms with Gasteiger partial charge in [-0.2, -0.15) is 0 Å². The van der Waals surface area contributed by atoms with Gasteiger partial charge in [0.15, 0.2) is 0 Å². The number of imide groups is 1. The monoisotopic (exact) mass is 536 g/mol. The number of rotatable bonds is 3. The van der Waals surface area contributed by atoms with E-state index in [4.69, 9.17) is 46.4 Å². The van der Waals surface area contributed by atoms with Crippen LogP contribution in [0.5, 0.6) is 0 Å². The van der Waals surface area contributed by atoms with Crippen molar-refractivity contribution in [2.75, 3.05) is 4.90 Å². The van der Waals surface area contributed by atoms with Crippen molar-refractivity contribution in [1.29, 1.82) is 0 Å². The second-order valence-electron chi connectivity index (χ2n) is 7.97. The lowest BCUT2D eigenvalue weighted by molar-refractivity contribution is -0.130. The lowest BCUT2D eigenvalue weighted by Gasteiger charge is -2.49. The SMILES string of the molecule is Cc1ccc(N2C(=O)[C@@H](N3C(=O)c4c(Cl)c(Cl)c(Cl)c(Cl)c4C3=O)[C@@H]2c2ccc(F)cc2)cc1. The number of carbonyl (C=O) groups excluding carboxylic acids is 3. The fourth-order valence-electron chi connectivity index (χ4n) is 4.33. The van der Waals surface area contributed by atoms with Crippen molar-refractivity contribution in [3.05, 3.63) is 96.7 Å². The molecule has 3 aromatic rings. The minimum atomic E-state index is -1.20. The van der Waals surface area contributed by atoms with E-state index in [9.17, 15) is 18.8 Å². The van der Waals surface area contributed by atoms with Gasteiger partial charge in [0, 0.05) is 5.69 Å². The van der Waals surface area contributed by atoms with Crippen molar-refractivity contribution in [2.45, 2.75) is 19.0 Å². The average molecular weight is 538 g/mol. The van der Waals surface area contributed by atoms with Crippen LogP contribution in [0.1, 0.15) is 37.9 Å². The zero-order valence-corrected chi connectivity index (χ0v) is 20.3. The highest BCUT2D eigenvalue weighted by Crippen LogP contribution is 2.49. The first-order valence-corrected chi connectivity index (χ1v) is 11.5. The molecule has 5 rings (SSSR count). The largest absolute Gasteiger partial charge is 0.300 e. The summed E-state index contributed by atoms with van der Waals surface area (Å²) in [6.45, 7) is 1.91. The molecule has 0 aromatic heterocycles. The third-order valence-corrected chi connectivity index (χ3v) is 7.80. The summed E-state index contributed by atoms with van der Waals surface area (Å²) in [4.78, 5) is 42.5. The van der Waals surface area contributed by atoms with Crippen LogP contribution in [0.4, 0.5) is 10.1 Å². The quantitative estimate of drug-likeness (QED) is 0.166. The van der Waals surface area contributed by atoms with Gasteiger partial charge >= 0.3 is 0 Å². The average Bonchev–Trinajstić information content (AvgIpc) is 3.07. The number of anilines is 1. The topological polar surface area (TPSA) is 57.7 Å². The molecule has 2 aliphatic heterocycles. The van der Waals surface area contributed by atoms with Crippen LogP contribution in [-0.2, 0) is 4.79 Å². The van der Waals surface area contributed by atoms with Crippen molar-refractivity contribution in [3.63, 3.8) is 0 Å². The fraction of sp³-hybridized carbons (Fsp3) is 0.125. The van der Waals surface area contributed by atoms with Crippen molar-refractivity contribution in [1.82, 2.24) is 4.90 Å². The minimum absolute atomic E-state index is 0.161. The molecule has 0 N–H and O–H groups in total. The maximum absolute atomic E-state index is 13.6. The Labute approximate surface area is 213 Å². The summed E-state index contributed by atoms with van der Waals surface area (Å²) in [5, 5.41) is -0.752. The Morgan fingerprint density at radius 2 is 1.18 bits per heavy atom. The van der Waals surface area contributed by atoms with Crippen molar-refractivity contribution in [2.24, 2.45) is 0 Å². The highest BCUT2D eigenvalue weighted by Gasteiger charge is 2.58. The molecule has 10 heteroatoms. The Hall–Kier alpha value is -2.64. The first kappa shape index (κ1) is 23.1. The summed E-state index contributed by atoms with van der Waals surface area (Å²) in [6, 6.07) is 10.7. The lowest BCUT2D eigenvalue weighted by atomic mass is 9.86. The number of fused-ring (bicyclic) bond motifs is 1. The van der Waals surface area contributed by atoms with Gasteiger partial charge in [-0.25, -0.2) is 4.39 Å². The summed E-state index contributed by atoms with van der Waals surface area (Å²) >= 11 is 24.7. The second-order valence-corrected chi connectivity index (χ2v) is 9.48. The van der Waals surface area contributed by atoms with Gasteiger partial charge in [-0.05, 0) is 36.8 Å². The van der Waals surface area contributed by atoms with Gasteiger partial charge in [-0.15, -0.1) is 0 Å². The van der Waals surface area contributed by atoms with E-state index in [0.29, 0.717) is 11.3 Å². The summed E-state index contributed by atoms with van der Waals surface area (Å²) in [7, 11) is 0. The maximum Gasteiger partial charge on any atom is 0.264 e. The molecule has 0 aliphatic carbocycles. The van der Waals surface area contributed by atoms with Crippen LogP contribution in [0, 0.1) is 12.7 Å². The Kier molecular flexibility index (Phi) is 5.60. The smallest absolute Gasteiger partial charge is 0.264 e. The molecule has 3 amide bonds. The second kappa shape index (κ2) is 8.24. The molecule has 1 saturated heterocycles. The molecule has 0 bridgehead atoms. The minimum Gasteiger partial charge on any atom is -0.300 e. The molecular formula is C24H13Cl4FN2O3. The third-order valence-electron chi connectivity index (χ3n) is 6.00. The zero-order valence-electron chi connectivity index (χ0n) is 17.3. The summed E-state index contributed by atoms with van der Waals surface area (Å²) in [6.07, 6.45) is 0. The number of halogens is 5. The van der Waals surface area contributed by atoms with Crippen LogP contribution in [0.15, 0.2) is 48.5 Å². The van der Waals surface area contributed by atoms with Crippen LogP contribution in [0.3, 0.4) is 0 Å². The van der Waals surface area contributed by atoms with Gasteiger partial charge < -0.3 is 4.90 Å².